The highest BCUT2D eigenvalue weighted by molar-refractivity contribution is 7.98. The molecule has 2 heterocycles. The molecule has 0 atom stereocenters. The van der Waals surface area contributed by atoms with E-state index in [0.717, 1.165) is 24.3 Å². The van der Waals surface area contributed by atoms with Crippen molar-refractivity contribution >= 4 is 17.6 Å². The largest absolute Gasteiger partial charge is 0.369 e. The fourth-order valence-electron chi connectivity index (χ4n) is 2.12. The summed E-state index contributed by atoms with van der Waals surface area (Å²) in [6.07, 6.45) is 2.76. The van der Waals surface area contributed by atoms with Gasteiger partial charge in [-0.25, -0.2) is 14.4 Å². The zero-order valence-electron chi connectivity index (χ0n) is 9.90. The van der Waals surface area contributed by atoms with E-state index in [1.807, 2.05) is 12.3 Å². The molecule has 0 bridgehead atoms. The minimum Gasteiger partial charge on any atom is -0.369 e. The fraction of sp³-hybridized carbons (Fsp3) is 0.231. The van der Waals surface area contributed by atoms with Crippen LogP contribution in [0.5, 0.6) is 0 Å². The van der Waals surface area contributed by atoms with Crippen LogP contribution in [-0.4, -0.2) is 22.8 Å². The first-order valence-electron chi connectivity index (χ1n) is 5.73. The molecule has 0 radical (unpaired) electrons. The van der Waals surface area contributed by atoms with Crippen LogP contribution in [0.2, 0.25) is 0 Å². The van der Waals surface area contributed by atoms with E-state index in [0.29, 0.717) is 16.4 Å². The molecule has 0 fully saturated rings. The summed E-state index contributed by atoms with van der Waals surface area (Å²) in [5.74, 6) is 0.602. The molecule has 1 aromatic carbocycles. The number of benzene rings is 1. The number of halogens is 1. The highest BCUT2D eigenvalue weighted by atomic mass is 32.2. The molecule has 2 aromatic rings. The minimum absolute atomic E-state index is 0.239. The highest BCUT2D eigenvalue weighted by Crippen LogP contribution is 2.33. The molecular formula is C13H12FN3S. The van der Waals surface area contributed by atoms with Gasteiger partial charge in [-0.3, -0.25) is 0 Å². The second-order valence-electron chi connectivity index (χ2n) is 4.04. The Kier molecular flexibility index (Phi) is 2.91. The van der Waals surface area contributed by atoms with Crippen LogP contribution in [0.1, 0.15) is 5.56 Å². The molecule has 1 aliphatic heterocycles. The van der Waals surface area contributed by atoms with Gasteiger partial charge in [-0.05, 0) is 24.8 Å². The molecular weight excluding hydrogens is 249 g/mol. The van der Waals surface area contributed by atoms with Crippen LogP contribution in [0.25, 0.3) is 11.3 Å². The van der Waals surface area contributed by atoms with Gasteiger partial charge in [0.2, 0.25) is 0 Å². The van der Waals surface area contributed by atoms with Crippen molar-refractivity contribution in [2.24, 2.45) is 0 Å². The van der Waals surface area contributed by atoms with Crippen molar-refractivity contribution in [2.45, 2.75) is 11.6 Å². The summed E-state index contributed by atoms with van der Waals surface area (Å²) in [7, 11) is 0. The second kappa shape index (κ2) is 4.57. The topological polar surface area (TPSA) is 37.8 Å². The summed E-state index contributed by atoms with van der Waals surface area (Å²) >= 11 is 1.46. The number of nitrogens with one attached hydrogen (secondary N) is 1. The van der Waals surface area contributed by atoms with Crippen LogP contribution in [0.15, 0.2) is 29.4 Å². The number of anilines is 1. The van der Waals surface area contributed by atoms with Crippen molar-refractivity contribution in [1.82, 2.24) is 9.97 Å². The van der Waals surface area contributed by atoms with Gasteiger partial charge in [0.15, 0.2) is 5.16 Å². The average Bonchev–Trinajstić information content (AvgIpc) is 2.86. The Balaban J connectivity index is 2.23. The number of nitrogens with zero attached hydrogens (tertiary/aromatic N) is 2. The third-order valence-electron chi connectivity index (χ3n) is 2.97. The molecule has 5 heteroatoms. The Morgan fingerprint density at radius 1 is 1.28 bits per heavy atom. The molecule has 92 valence electrons. The van der Waals surface area contributed by atoms with Crippen LogP contribution in [0.4, 0.5) is 10.2 Å². The lowest BCUT2D eigenvalue weighted by Crippen LogP contribution is -1.98. The van der Waals surface area contributed by atoms with Crippen molar-refractivity contribution in [3.63, 3.8) is 0 Å². The van der Waals surface area contributed by atoms with Gasteiger partial charge in [0.25, 0.3) is 0 Å². The van der Waals surface area contributed by atoms with E-state index >= 15 is 0 Å². The van der Waals surface area contributed by atoms with E-state index in [9.17, 15) is 4.39 Å². The quantitative estimate of drug-likeness (QED) is 0.666. The first-order chi connectivity index (χ1) is 8.79. The number of aromatic nitrogens is 2. The van der Waals surface area contributed by atoms with Gasteiger partial charge in [-0.15, -0.1) is 0 Å². The summed E-state index contributed by atoms with van der Waals surface area (Å²) in [6, 6.07) is 6.74. The smallest absolute Gasteiger partial charge is 0.189 e. The monoisotopic (exact) mass is 261 g/mol. The third kappa shape index (κ3) is 1.84. The minimum atomic E-state index is -0.239. The maximum Gasteiger partial charge on any atom is 0.189 e. The second-order valence-corrected chi connectivity index (χ2v) is 4.82. The molecule has 0 aliphatic carbocycles. The molecule has 0 spiro atoms. The number of fused-ring (bicyclic) bond motifs is 1. The zero-order chi connectivity index (χ0) is 12.5. The van der Waals surface area contributed by atoms with Gasteiger partial charge >= 0.3 is 0 Å². The van der Waals surface area contributed by atoms with E-state index in [4.69, 9.17) is 0 Å². The Morgan fingerprint density at radius 3 is 2.89 bits per heavy atom. The van der Waals surface area contributed by atoms with E-state index in [1.54, 1.807) is 12.1 Å². The average molecular weight is 261 g/mol. The molecule has 0 saturated carbocycles. The first-order valence-corrected chi connectivity index (χ1v) is 6.95. The third-order valence-corrected chi connectivity index (χ3v) is 3.51. The molecule has 18 heavy (non-hydrogen) atoms. The summed E-state index contributed by atoms with van der Waals surface area (Å²) in [5, 5.41) is 3.89. The highest BCUT2D eigenvalue weighted by Gasteiger charge is 2.21. The number of hydrogen-bond acceptors (Lipinski definition) is 4. The summed E-state index contributed by atoms with van der Waals surface area (Å²) in [6.45, 7) is 0.837. The normalized spacial score (nSPS) is 13.2. The Hall–Kier alpha value is -1.62. The number of rotatable bonds is 2. The number of thioether (sulfide) groups is 1. The molecule has 0 saturated heterocycles. The molecule has 1 aromatic heterocycles. The van der Waals surface area contributed by atoms with Gasteiger partial charge in [-0.1, -0.05) is 23.9 Å². The van der Waals surface area contributed by atoms with Crippen molar-refractivity contribution in [2.75, 3.05) is 18.1 Å². The SMILES string of the molecule is CSc1nc2c(c(-c3ccccc3F)n1)CCN2. The van der Waals surface area contributed by atoms with E-state index in [2.05, 4.69) is 15.3 Å². The van der Waals surface area contributed by atoms with Crippen molar-refractivity contribution in [3.05, 3.63) is 35.6 Å². The summed E-state index contributed by atoms with van der Waals surface area (Å²) in [5.41, 5.74) is 2.28. The standard InChI is InChI=1S/C13H12FN3S/c1-18-13-16-11(8-4-2-3-5-10(8)14)9-6-7-15-12(9)17-13/h2-5H,6-7H2,1H3,(H,15,16,17). The molecule has 3 rings (SSSR count). The number of hydrogen-bond donors (Lipinski definition) is 1. The zero-order valence-corrected chi connectivity index (χ0v) is 10.7. The van der Waals surface area contributed by atoms with Crippen LogP contribution in [-0.2, 0) is 6.42 Å². The Bertz CT molecular complexity index is 601. The van der Waals surface area contributed by atoms with Gasteiger partial charge in [0, 0.05) is 17.7 Å². The Labute approximate surface area is 109 Å². The lowest BCUT2D eigenvalue weighted by atomic mass is 10.1. The van der Waals surface area contributed by atoms with Gasteiger partial charge in [0.1, 0.15) is 11.6 Å². The summed E-state index contributed by atoms with van der Waals surface area (Å²) in [4.78, 5) is 8.87. The predicted octanol–water partition coefficient (Wildman–Crippen LogP) is 2.97. The molecule has 3 nitrogen and oxygen atoms in total. The maximum atomic E-state index is 13.9. The van der Waals surface area contributed by atoms with E-state index in [-0.39, 0.29) is 5.82 Å². The summed E-state index contributed by atoms with van der Waals surface area (Å²) < 4.78 is 13.9. The van der Waals surface area contributed by atoms with Gasteiger partial charge < -0.3 is 5.32 Å². The van der Waals surface area contributed by atoms with Gasteiger partial charge in [0.05, 0.1) is 5.69 Å². The maximum absolute atomic E-state index is 13.9. The van der Waals surface area contributed by atoms with Gasteiger partial charge in [-0.2, -0.15) is 0 Å². The van der Waals surface area contributed by atoms with Crippen molar-refractivity contribution < 1.29 is 4.39 Å². The molecule has 0 unspecified atom stereocenters. The molecule has 1 N–H and O–H groups in total. The van der Waals surface area contributed by atoms with Crippen molar-refractivity contribution in [3.8, 4) is 11.3 Å². The first kappa shape index (κ1) is 11.5. The van der Waals surface area contributed by atoms with E-state index < -0.39 is 0 Å². The predicted molar refractivity (Wildman–Crippen MR) is 71.4 cm³/mol. The molecule has 0 amide bonds. The fourth-order valence-corrected chi connectivity index (χ4v) is 2.48. The van der Waals surface area contributed by atoms with Crippen LogP contribution >= 0.6 is 11.8 Å². The van der Waals surface area contributed by atoms with Crippen molar-refractivity contribution in [1.29, 1.82) is 0 Å². The molecule has 1 aliphatic rings. The lowest BCUT2D eigenvalue weighted by Gasteiger charge is -2.09. The lowest BCUT2D eigenvalue weighted by molar-refractivity contribution is 0.630. The van der Waals surface area contributed by atoms with Crippen LogP contribution in [0, 0.1) is 5.82 Å². The van der Waals surface area contributed by atoms with Crippen LogP contribution in [0.3, 0.4) is 0 Å². The Morgan fingerprint density at radius 2 is 2.11 bits per heavy atom. The van der Waals surface area contributed by atoms with E-state index in [1.165, 1.54) is 17.8 Å². The van der Waals surface area contributed by atoms with Crippen LogP contribution < -0.4 is 5.32 Å².